The molecule has 0 saturated carbocycles. The maximum atomic E-state index is 12.2. The predicted octanol–water partition coefficient (Wildman–Crippen LogP) is 3.66. The van der Waals surface area contributed by atoms with Gasteiger partial charge in [-0.25, -0.2) is 0 Å². The van der Waals surface area contributed by atoms with Crippen LogP contribution >= 0.6 is 0 Å². The molecule has 3 N–H and O–H groups in total. The summed E-state index contributed by atoms with van der Waals surface area (Å²) in [6.45, 7) is 2.11. The highest BCUT2D eigenvalue weighted by atomic mass is 16.2. The number of carbonyl (C=O) groups is 2. The van der Waals surface area contributed by atoms with Crippen molar-refractivity contribution in [3.63, 3.8) is 0 Å². The van der Waals surface area contributed by atoms with Crippen LogP contribution in [0.1, 0.15) is 36.0 Å². The summed E-state index contributed by atoms with van der Waals surface area (Å²) in [5, 5.41) is 9.09. The molecule has 2 aromatic carbocycles. The summed E-state index contributed by atoms with van der Waals surface area (Å²) < 4.78 is 0. The van der Waals surface area contributed by atoms with Crippen molar-refractivity contribution >= 4 is 23.2 Å². The smallest absolute Gasteiger partial charge is 0.255 e. The Morgan fingerprint density at radius 1 is 0.885 bits per heavy atom. The molecule has 5 heteroatoms. The fraction of sp³-hybridized carbons (Fsp3) is 0.333. The van der Waals surface area contributed by atoms with E-state index in [4.69, 9.17) is 0 Å². The van der Waals surface area contributed by atoms with E-state index in [1.807, 2.05) is 30.3 Å². The molecular formula is C21H25N3O2. The lowest BCUT2D eigenvalue weighted by molar-refractivity contribution is -0.116. The highest BCUT2D eigenvalue weighted by Gasteiger charge is 2.14. The van der Waals surface area contributed by atoms with E-state index in [2.05, 4.69) is 16.0 Å². The number of rotatable bonds is 6. The normalized spacial score (nSPS) is 14.6. The van der Waals surface area contributed by atoms with Crippen molar-refractivity contribution in [3.8, 4) is 0 Å². The Labute approximate surface area is 154 Å². The van der Waals surface area contributed by atoms with Crippen LogP contribution in [0.4, 0.5) is 11.4 Å². The van der Waals surface area contributed by atoms with Gasteiger partial charge in [-0.1, -0.05) is 18.2 Å². The summed E-state index contributed by atoms with van der Waals surface area (Å²) in [5.41, 5.74) is 2.03. The summed E-state index contributed by atoms with van der Waals surface area (Å²) in [4.78, 5) is 24.3. The number of carbonyl (C=O) groups excluding carboxylic acids is 2. The van der Waals surface area contributed by atoms with Crippen molar-refractivity contribution in [2.75, 3.05) is 23.7 Å². The van der Waals surface area contributed by atoms with Gasteiger partial charge < -0.3 is 16.0 Å². The summed E-state index contributed by atoms with van der Waals surface area (Å²) >= 11 is 0. The topological polar surface area (TPSA) is 70.2 Å². The maximum Gasteiger partial charge on any atom is 0.255 e. The SMILES string of the molecule is O=C(CCC1CCNCC1)Nc1ccc(C(=O)Nc2ccccc2)cc1. The quantitative estimate of drug-likeness (QED) is 0.744. The fourth-order valence-corrected chi connectivity index (χ4v) is 3.16. The molecule has 1 fully saturated rings. The summed E-state index contributed by atoms with van der Waals surface area (Å²) in [6.07, 6.45) is 3.78. The van der Waals surface area contributed by atoms with Crippen molar-refractivity contribution in [1.29, 1.82) is 0 Å². The number of nitrogens with one attached hydrogen (secondary N) is 3. The summed E-state index contributed by atoms with van der Waals surface area (Å²) in [6, 6.07) is 16.3. The van der Waals surface area contributed by atoms with Crippen LogP contribution in [0.5, 0.6) is 0 Å². The maximum absolute atomic E-state index is 12.2. The summed E-state index contributed by atoms with van der Waals surface area (Å²) in [5.74, 6) is 0.510. The number of hydrogen-bond acceptors (Lipinski definition) is 3. The Balaban J connectivity index is 1.47. The minimum atomic E-state index is -0.167. The minimum absolute atomic E-state index is 0.0324. The van der Waals surface area contributed by atoms with Gasteiger partial charge in [0.25, 0.3) is 5.91 Å². The second kappa shape index (κ2) is 9.15. The van der Waals surface area contributed by atoms with E-state index < -0.39 is 0 Å². The first-order chi connectivity index (χ1) is 12.7. The van der Waals surface area contributed by atoms with Crippen molar-refractivity contribution in [2.24, 2.45) is 5.92 Å². The van der Waals surface area contributed by atoms with Crippen LogP contribution in [0.2, 0.25) is 0 Å². The average Bonchev–Trinajstić information content (AvgIpc) is 2.68. The molecule has 0 atom stereocenters. The molecule has 0 radical (unpaired) electrons. The molecule has 136 valence electrons. The van der Waals surface area contributed by atoms with E-state index in [-0.39, 0.29) is 11.8 Å². The van der Waals surface area contributed by atoms with Gasteiger partial charge >= 0.3 is 0 Å². The number of para-hydroxylation sites is 1. The third-order valence-electron chi connectivity index (χ3n) is 4.70. The van der Waals surface area contributed by atoms with Gasteiger partial charge in [0, 0.05) is 23.4 Å². The van der Waals surface area contributed by atoms with E-state index >= 15 is 0 Å². The standard InChI is InChI=1S/C21H25N3O2/c25-20(11-6-16-12-14-22-15-13-16)23-19-9-7-17(8-10-19)21(26)24-18-4-2-1-3-5-18/h1-5,7-10,16,22H,6,11-15H2,(H,23,25)(H,24,26). The van der Waals surface area contributed by atoms with Crippen LogP contribution in [0.25, 0.3) is 0 Å². The molecule has 1 aliphatic rings. The van der Waals surface area contributed by atoms with Crippen LogP contribution in [0, 0.1) is 5.92 Å². The zero-order valence-electron chi connectivity index (χ0n) is 14.8. The Morgan fingerprint density at radius 3 is 2.23 bits per heavy atom. The minimum Gasteiger partial charge on any atom is -0.326 e. The van der Waals surface area contributed by atoms with Gasteiger partial charge in [0.2, 0.25) is 5.91 Å². The van der Waals surface area contributed by atoms with Crippen molar-refractivity contribution < 1.29 is 9.59 Å². The number of hydrogen-bond donors (Lipinski definition) is 3. The Kier molecular flexibility index (Phi) is 6.39. The number of anilines is 2. The van der Waals surface area contributed by atoms with Gasteiger partial charge in [-0.15, -0.1) is 0 Å². The van der Waals surface area contributed by atoms with Crippen LogP contribution in [-0.2, 0) is 4.79 Å². The Bertz CT molecular complexity index is 723. The molecule has 3 rings (SSSR count). The molecule has 2 amide bonds. The predicted molar refractivity (Wildman–Crippen MR) is 104 cm³/mol. The molecule has 0 aromatic heterocycles. The van der Waals surface area contributed by atoms with Crippen LogP contribution < -0.4 is 16.0 Å². The van der Waals surface area contributed by atoms with E-state index in [1.165, 1.54) is 0 Å². The van der Waals surface area contributed by atoms with Crippen molar-refractivity contribution in [2.45, 2.75) is 25.7 Å². The van der Waals surface area contributed by atoms with Gasteiger partial charge in [0.15, 0.2) is 0 Å². The van der Waals surface area contributed by atoms with Crippen LogP contribution in [0.15, 0.2) is 54.6 Å². The second-order valence-electron chi connectivity index (χ2n) is 6.68. The van der Waals surface area contributed by atoms with Crippen LogP contribution in [0.3, 0.4) is 0 Å². The molecule has 1 aliphatic heterocycles. The second-order valence-corrected chi connectivity index (χ2v) is 6.68. The van der Waals surface area contributed by atoms with Gasteiger partial charge in [-0.05, 0) is 74.7 Å². The van der Waals surface area contributed by atoms with Gasteiger partial charge in [-0.2, -0.15) is 0 Å². The van der Waals surface area contributed by atoms with Gasteiger partial charge in [0.05, 0.1) is 0 Å². The van der Waals surface area contributed by atoms with Crippen LogP contribution in [-0.4, -0.2) is 24.9 Å². The monoisotopic (exact) mass is 351 g/mol. The summed E-state index contributed by atoms with van der Waals surface area (Å²) in [7, 11) is 0. The highest BCUT2D eigenvalue weighted by molar-refractivity contribution is 6.04. The lowest BCUT2D eigenvalue weighted by atomic mass is 9.93. The van der Waals surface area contributed by atoms with E-state index in [1.54, 1.807) is 24.3 Å². The molecule has 0 aliphatic carbocycles. The molecule has 1 saturated heterocycles. The Hall–Kier alpha value is -2.66. The molecule has 26 heavy (non-hydrogen) atoms. The molecule has 1 heterocycles. The largest absolute Gasteiger partial charge is 0.326 e. The zero-order chi connectivity index (χ0) is 18.2. The van der Waals surface area contributed by atoms with Gasteiger partial charge in [0.1, 0.15) is 0 Å². The third-order valence-corrected chi connectivity index (χ3v) is 4.70. The lowest BCUT2D eigenvalue weighted by Gasteiger charge is -2.22. The lowest BCUT2D eigenvalue weighted by Crippen LogP contribution is -2.28. The molecular weight excluding hydrogens is 326 g/mol. The number of benzene rings is 2. The molecule has 2 aromatic rings. The first-order valence-corrected chi connectivity index (χ1v) is 9.18. The number of piperidine rings is 1. The first kappa shape index (κ1) is 18.1. The molecule has 0 unspecified atom stereocenters. The fourth-order valence-electron chi connectivity index (χ4n) is 3.16. The third kappa shape index (κ3) is 5.43. The average molecular weight is 351 g/mol. The van der Waals surface area contributed by atoms with Gasteiger partial charge in [-0.3, -0.25) is 9.59 Å². The van der Waals surface area contributed by atoms with E-state index in [9.17, 15) is 9.59 Å². The zero-order valence-corrected chi connectivity index (χ0v) is 14.8. The number of amides is 2. The highest BCUT2D eigenvalue weighted by Crippen LogP contribution is 2.18. The van der Waals surface area contributed by atoms with E-state index in [0.717, 1.165) is 43.7 Å². The molecule has 5 nitrogen and oxygen atoms in total. The van der Waals surface area contributed by atoms with E-state index in [0.29, 0.717) is 17.9 Å². The van der Waals surface area contributed by atoms with Crippen molar-refractivity contribution in [3.05, 3.63) is 60.2 Å². The van der Waals surface area contributed by atoms with Crippen molar-refractivity contribution in [1.82, 2.24) is 5.32 Å². The Morgan fingerprint density at radius 2 is 1.54 bits per heavy atom. The molecule has 0 spiro atoms. The first-order valence-electron chi connectivity index (χ1n) is 9.18. The molecule has 0 bridgehead atoms.